The van der Waals surface area contributed by atoms with E-state index in [0.29, 0.717) is 17.4 Å². The maximum Gasteiger partial charge on any atom is 0.145 e. The number of piperidine rings is 1. The maximum absolute atomic E-state index is 6.01. The summed E-state index contributed by atoms with van der Waals surface area (Å²) in [6.45, 7) is 4.98. The lowest BCUT2D eigenvalue weighted by Gasteiger charge is -2.43. The van der Waals surface area contributed by atoms with Crippen LogP contribution in [0.1, 0.15) is 51.0 Å². The van der Waals surface area contributed by atoms with Crippen LogP contribution in [0.5, 0.6) is 0 Å². The number of aromatic nitrogens is 3. The Hall–Kier alpha value is -1.66. The smallest absolute Gasteiger partial charge is 0.145 e. The predicted molar refractivity (Wildman–Crippen MR) is 104 cm³/mol. The van der Waals surface area contributed by atoms with E-state index in [9.17, 15) is 0 Å². The minimum atomic E-state index is 0.505. The largest absolute Gasteiger partial charge is 0.383 e. The predicted octanol–water partition coefficient (Wildman–Crippen LogP) is 2.57. The maximum atomic E-state index is 6.01. The zero-order valence-corrected chi connectivity index (χ0v) is 15.5. The monoisotopic (exact) mass is 354 g/mol. The van der Waals surface area contributed by atoms with Gasteiger partial charge in [-0.1, -0.05) is 0 Å². The fourth-order valence-corrected chi connectivity index (χ4v) is 5.80. The molecule has 2 atom stereocenters. The summed E-state index contributed by atoms with van der Waals surface area (Å²) in [6.07, 6.45) is 13.1. The van der Waals surface area contributed by atoms with Crippen LogP contribution in [0.25, 0.3) is 11.0 Å². The molecule has 2 aliphatic heterocycles. The van der Waals surface area contributed by atoms with Gasteiger partial charge in [0.15, 0.2) is 0 Å². The molecule has 0 amide bonds. The SMILES string of the molecule is Nc1ncnc2c1ccn2[C@H]1CC[C@@H](CN2CCCC23CCNCC3)C1. The van der Waals surface area contributed by atoms with Crippen molar-refractivity contribution in [2.75, 3.05) is 31.9 Å². The number of rotatable bonds is 3. The van der Waals surface area contributed by atoms with Gasteiger partial charge in [-0.15, -0.1) is 0 Å². The second-order valence-corrected chi connectivity index (χ2v) is 8.58. The summed E-state index contributed by atoms with van der Waals surface area (Å²) in [5, 5.41) is 4.53. The molecule has 3 fully saturated rings. The van der Waals surface area contributed by atoms with E-state index in [1.54, 1.807) is 6.33 Å². The van der Waals surface area contributed by atoms with E-state index in [4.69, 9.17) is 5.73 Å². The van der Waals surface area contributed by atoms with Crippen LogP contribution in [0.3, 0.4) is 0 Å². The first-order valence-corrected chi connectivity index (χ1v) is 10.3. The average Bonchev–Trinajstić information content (AvgIpc) is 3.36. The molecular formula is C20H30N6. The molecule has 1 aliphatic carbocycles. The van der Waals surface area contributed by atoms with Gasteiger partial charge in [0.2, 0.25) is 0 Å². The molecule has 2 aromatic heterocycles. The van der Waals surface area contributed by atoms with E-state index in [0.717, 1.165) is 17.0 Å². The molecule has 1 saturated carbocycles. The number of nitrogens with one attached hydrogen (secondary N) is 1. The molecule has 1 spiro atoms. The topological polar surface area (TPSA) is 72.0 Å². The fourth-order valence-electron chi connectivity index (χ4n) is 5.80. The van der Waals surface area contributed by atoms with Crippen LogP contribution in [-0.4, -0.2) is 51.2 Å². The second kappa shape index (κ2) is 6.50. The van der Waals surface area contributed by atoms with E-state index in [-0.39, 0.29) is 0 Å². The molecule has 6 nitrogen and oxygen atoms in total. The molecule has 3 N–H and O–H groups in total. The standard InChI is InChI=1S/C20H30N6/c21-18-17-4-11-26(19(17)24-14-23-18)16-3-2-15(12-16)13-25-10-1-5-20(25)6-8-22-9-7-20/h4,11,14-16,22H,1-3,5-10,12-13H2,(H2,21,23,24)/t15-,16+/m1/s1. The van der Waals surface area contributed by atoms with Crippen molar-refractivity contribution in [3.63, 3.8) is 0 Å². The van der Waals surface area contributed by atoms with Crippen LogP contribution in [0.4, 0.5) is 5.82 Å². The molecule has 4 heterocycles. The third-order valence-corrected chi connectivity index (χ3v) is 7.20. The van der Waals surface area contributed by atoms with Gasteiger partial charge in [-0.05, 0) is 76.6 Å². The van der Waals surface area contributed by atoms with Crippen molar-refractivity contribution in [1.29, 1.82) is 0 Å². The van der Waals surface area contributed by atoms with Crippen LogP contribution in [-0.2, 0) is 0 Å². The van der Waals surface area contributed by atoms with E-state index in [2.05, 4.69) is 37.0 Å². The molecule has 0 bridgehead atoms. The Balaban J connectivity index is 1.29. The number of likely N-dealkylation sites (tertiary alicyclic amines) is 1. The molecule has 2 saturated heterocycles. The number of hydrogen-bond donors (Lipinski definition) is 2. The molecule has 0 unspecified atom stereocenters. The van der Waals surface area contributed by atoms with E-state index in [1.165, 1.54) is 71.1 Å². The minimum absolute atomic E-state index is 0.505. The summed E-state index contributed by atoms with van der Waals surface area (Å²) in [5.41, 5.74) is 7.51. The van der Waals surface area contributed by atoms with Crippen molar-refractivity contribution in [3.05, 3.63) is 18.6 Å². The fraction of sp³-hybridized carbons (Fsp3) is 0.700. The van der Waals surface area contributed by atoms with Crippen LogP contribution >= 0.6 is 0 Å². The first-order valence-electron chi connectivity index (χ1n) is 10.3. The van der Waals surface area contributed by atoms with Crippen molar-refractivity contribution in [3.8, 4) is 0 Å². The third kappa shape index (κ3) is 2.70. The van der Waals surface area contributed by atoms with Gasteiger partial charge in [0.1, 0.15) is 17.8 Å². The highest BCUT2D eigenvalue weighted by Gasteiger charge is 2.42. The first kappa shape index (κ1) is 16.5. The molecule has 6 heteroatoms. The van der Waals surface area contributed by atoms with Crippen molar-refractivity contribution in [1.82, 2.24) is 24.8 Å². The van der Waals surface area contributed by atoms with Gasteiger partial charge < -0.3 is 15.6 Å². The van der Waals surface area contributed by atoms with Gasteiger partial charge in [-0.25, -0.2) is 9.97 Å². The number of nitrogens with zero attached hydrogens (tertiary/aromatic N) is 4. The van der Waals surface area contributed by atoms with E-state index in [1.807, 2.05) is 0 Å². The first-order chi connectivity index (χ1) is 12.8. The van der Waals surface area contributed by atoms with E-state index < -0.39 is 0 Å². The molecule has 2 aromatic rings. The summed E-state index contributed by atoms with van der Waals surface area (Å²) in [7, 11) is 0. The van der Waals surface area contributed by atoms with Crippen molar-refractivity contribution < 1.29 is 0 Å². The number of nitrogen functional groups attached to an aromatic ring is 1. The second-order valence-electron chi connectivity index (χ2n) is 8.58. The van der Waals surface area contributed by atoms with Gasteiger partial charge >= 0.3 is 0 Å². The Morgan fingerprint density at radius 2 is 2.08 bits per heavy atom. The Kier molecular flexibility index (Phi) is 4.13. The number of nitrogens with two attached hydrogens (primary N) is 1. The third-order valence-electron chi connectivity index (χ3n) is 7.20. The van der Waals surface area contributed by atoms with Gasteiger partial charge in [-0.3, -0.25) is 4.90 Å². The molecule has 26 heavy (non-hydrogen) atoms. The van der Waals surface area contributed by atoms with Crippen molar-refractivity contribution in [2.24, 2.45) is 5.92 Å². The van der Waals surface area contributed by atoms with Gasteiger partial charge in [0, 0.05) is 24.3 Å². The normalized spacial score (nSPS) is 29.1. The van der Waals surface area contributed by atoms with Crippen LogP contribution in [0, 0.1) is 5.92 Å². The zero-order valence-electron chi connectivity index (χ0n) is 15.5. The number of anilines is 1. The minimum Gasteiger partial charge on any atom is -0.383 e. The molecule has 0 radical (unpaired) electrons. The Bertz CT molecular complexity index is 778. The quantitative estimate of drug-likeness (QED) is 0.886. The van der Waals surface area contributed by atoms with Gasteiger partial charge in [-0.2, -0.15) is 0 Å². The Labute approximate surface area is 155 Å². The highest BCUT2D eigenvalue weighted by atomic mass is 15.2. The van der Waals surface area contributed by atoms with Gasteiger partial charge in [0.25, 0.3) is 0 Å². The van der Waals surface area contributed by atoms with Crippen molar-refractivity contribution in [2.45, 2.75) is 56.5 Å². The number of hydrogen-bond acceptors (Lipinski definition) is 5. The Morgan fingerprint density at radius 1 is 1.19 bits per heavy atom. The van der Waals surface area contributed by atoms with Crippen LogP contribution < -0.4 is 11.1 Å². The van der Waals surface area contributed by atoms with Crippen LogP contribution in [0.15, 0.2) is 18.6 Å². The lowest BCUT2D eigenvalue weighted by molar-refractivity contribution is 0.0833. The summed E-state index contributed by atoms with van der Waals surface area (Å²) in [6, 6.07) is 2.63. The van der Waals surface area contributed by atoms with Crippen molar-refractivity contribution >= 4 is 16.9 Å². The Morgan fingerprint density at radius 3 is 2.96 bits per heavy atom. The summed E-state index contributed by atoms with van der Waals surface area (Å²) in [4.78, 5) is 11.5. The highest BCUT2D eigenvalue weighted by molar-refractivity contribution is 5.86. The zero-order chi connectivity index (χ0) is 17.6. The van der Waals surface area contributed by atoms with Crippen LogP contribution in [0.2, 0.25) is 0 Å². The average molecular weight is 355 g/mol. The van der Waals surface area contributed by atoms with E-state index >= 15 is 0 Å². The highest BCUT2D eigenvalue weighted by Crippen LogP contribution is 2.42. The molecule has 0 aromatic carbocycles. The number of fused-ring (bicyclic) bond motifs is 1. The lowest BCUT2D eigenvalue weighted by atomic mass is 9.85. The molecule has 5 rings (SSSR count). The summed E-state index contributed by atoms with van der Waals surface area (Å²) < 4.78 is 2.34. The molecule has 140 valence electrons. The van der Waals surface area contributed by atoms with Gasteiger partial charge in [0.05, 0.1) is 5.39 Å². The molecule has 3 aliphatic rings. The summed E-state index contributed by atoms with van der Waals surface area (Å²) >= 11 is 0. The lowest BCUT2D eigenvalue weighted by Crippen LogP contribution is -2.52. The summed E-state index contributed by atoms with van der Waals surface area (Å²) in [5.74, 6) is 1.40. The molecular weight excluding hydrogens is 324 g/mol.